The summed E-state index contributed by atoms with van der Waals surface area (Å²) in [6, 6.07) is 7.58. The fourth-order valence-electron chi connectivity index (χ4n) is 3.27. The highest BCUT2D eigenvalue weighted by Crippen LogP contribution is 2.36. The summed E-state index contributed by atoms with van der Waals surface area (Å²) in [4.78, 5) is 12.3. The van der Waals surface area contributed by atoms with Gasteiger partial charge in [0.15, 0.2) is 5.78 Å². The van der Waals surface area contributed by atoms with E-state index in [0.717, 1.165) is 31.5 Å². The average Bonchev–Trinajstić information content (AvgIpc) is 2.63. The molecule has 0 bridgehead atoms. The molecule has 18 heavy (non-hydrogen) atoms. The number of nitrogens with one attached hydrogen (secondary N) is 1. The third kappa shape index (κ3) is 1.98. The summed E-state index contributed by atoms with van der Waals surface area (Å²) in [5.74, 6) is 0.395. The summed E-state index contributed by atoms with van der Waals surface area (Å²) >= 11 is 0. The molecule has 1 aromatic carbocycles. The second-order valence-electron chi connectivity index (χ2n) is 5.59. The van der Waals surface area contributed by atoms with Crippen molar-refractivity contribution in [3.05, 3.63) is 35.4 Å². The van der Waals surface area contributed by atoms with Crippen molar-refractivity contribution in [1.82, 2.24) is 5.32 Å². The number of hydrogen-bond donors (Lipinski definition) is 2. The second-order valence-corrected chi connectivity index (χ2v) is 5.59. The van der Waals surface area contributed by atoms with Gasteiger partial charge in [0.05, 0.1) is 0 Å². The number of aliphatic hydroxyl groups is 1. The fraction of sp³-hybridized carbons (Fsp3) is 0.533. The van der Waals surface area contributed by atoms with Crippen molar-refractivity contribution < 1.29 is 9.90 Å². The Morgan fingerprint density at radius 2 is 2.00 bits per heavy atom. The molecule has 2 aliphatic rings. The van der Waals surface area contributed by atoms with Gasteiger partial charge in [0.25, 0.3) is 0 Å². The van der Waals surface area contributed by atoms with Gasteiger partial charge in [0, 0.05) is 12.0 Å². The Bertz CT molecular complexity index is 465. The van der Waals surface area contributed by atoms with Crippen molar-refractivity contribution in [3.8, 4) is 0 Å². The van der Waals surface area contributed by atoms with Gasteiger partial charge in [-0.15, -0.1) is 0 Å². The first-order valence-corrected chi connectivity index (χ1v) is 6.75. The van der Waals surface area contributed by atoms with E-state index in [2.05, 4.69) is 5.32 Å². The highest BCUT2D eigenvalue weighted by Gasteiger charge is 2.44. The molecule has 1 fully saturated rings. The van der Waals surface area contributed by atoms with Crippen LogP contribution in [0.25, 0.3) is 0 Å². The summed E-state index contributed by atoms with van der Waals surface area (Å²) < 4.78 is 0. The first-order valence-electron chi connectivity index (χ1n) is 6.75. The molecule has 96 valence electrons. The number of ketones is 1. The van der Waals surface area contributed by atoms with Gasteiger partial charge >= 0.3 is 0 Å². The molecule has 0 aromatic heterocycles. The highest BCUT2D eigenvalue weighted by molar-refractivity contribution is 6.06. The third-order valence-corrected chi connectivity index (χ3v) is 4.25. The van der Waals surface area contributed by atoms with E-state index in [-0.39, 0.29) is 5.78 Å². The largest absolute Gasteiger partial charge is 0.381 e. The van der Waals surface area contributed by atoms with Crippen LogP contribution in [0.1, 0.15) is 35.2 Å². The van der Waals surface area contributed by atoms with Crippen molar-refractivity contribution in [3.63, 3.8) is 0 Å². The smallest absolute Gasteiger partial charge is 0.194 e. The monoisotopic (exact) mass is 245 g/mol. The van der Waals surface area contributed by atoms with E-state index in [4.69, 9.17) is 0 Å². The number of piperidine rings is 1. The Morgan fingerprint density at radius 3 is 2.72 bits per heavy atom. The quantitative estimate of drug-likeness (QED) is 0.831. The van der Waals surface area contributed by atoms with Crippen LogP contribution in [0.2, 0.25) is 0 Å². The Hall–Kier alpha value is -1.19. The molecule has 1 aromatic rings. The number of rotatable bonds is 2. The lowest BCUT2D eigenvalue weighted by Crippen LogP contribution is -2.40. The zero-order valence-corrected chi connectivity index (χ0v) is 10.5. The van der Waals surface area contributed by atoms with Gasteiger partial charge in [-0.1, -0.05) is 24.3 Å². The molecule has 3 heteroatoms. The van der Waals surface area contributed by atoms with Crippen LogP contribution in [-0.2, 0) is 6.42 Å². The molecule has 1 unspecified atom stereocenters. The maximum atomic E-state index is 12.3. The lowest BCUT2D eigenvalue weighted by Gasteiger charge is -2.29. The lowest BCUT2D eigenvalue weighted by molar-refractivity contribution is 0.0213. The molecule has 1 heterocycles. The maximum Gasteiger partial charge on any atom is 0.194 e. The number of carbonyl (C=O) groups excluding carboxylic acids is 1. The Kier molecular flexibility index (Phi) is 2.96. The van der Waals surface area contributed by atoms with Crippen molar-refractivity contribution >= 4 is 5.78 Å². The van der Waals surface area contributed by atoms with E-state index in [0.29, 0.717) is 24.3 Å². The van der Waals surface area contributed by atoms with Crippen molar-refractivity contribution in [2.45, 2.75) is 31.3 Å². The van der Waals surface area contributed by atoms with Gasteiger partial charge in [0.2, 0.25) is 0 Å². The van der Waals surface area contributed by atoms with Crippen LogP contribution in [-0.4, -0.2) is 29.6 Å². The Balaban J connectivity index is 1.78. The van der Waals surface area contributed by atoms with Gasteiger partial charge in [0.1, 0.15) is 5.60 Å². The number of Topliss-reactive ketones (excluding diaryl/α,β-unsaturated/α-hetero) is 1. The van der Waals surface area contributed by atoms with E-state index < -0.39 is 5.60 Å². The van der Waals surface area contributed by atoms with Crippen LogP contribution in [0.4, 0.5) is 0 Å². The van der Waals surface area contributed by atoms with E-state index in [9.17, 15) is 9.90 Å². The fourth-order valence-corrected chi connectivity index (χ4v) is 3.27. The molecule has 1 atom stereocenters. The van der Waals surface area contributed by atoms with Gasteiger partial charge in [-0.3, -0.25) is 4.79 Å². The number of carbonyl (C=O) groups is 1. The molecule has 3 nitrogen and oxygen atoms in total. The number of benzene rings is 1. The molecular weight excluding hydrogens is 226 g/mol. The van der Waals surface area contributed by atoms with Crippen LogP contribution in [0.15, 0.2) is 24.3 Å². The summed E-state index contributed by atoms with van der Waals surface area (Å²) in [6.07, 6.45) is 3.23. The first-order chi connectivity index (χ1) is 8.69. The summed E-state index contributed by atoms with van der Waals surface area (Å²) in [5, 5.41) is 14.0. The van der Waals surface area contributed by atoms with Crippen LogP contribution in [0.3, 0.4) is 0 Å². The summed E-state index contributed by atoms with van der Waals surface area (Å²) in [5.41, 5.74) is 0.568. The first kappa shape index (κ1) is 11.9. The summed E-state index contributed by atoms with van der Waals surface area (Å²) in [6.45, 7) is 2.00. The molecule has 0 saturated carbocycles. The molecule has 1 aliphatic carbocycles. The predicted molar refractivity (Wildman–Crippen MR) is 69.6 cm³/mol. The maximum absolute atomic E-state index is 12.3. The van der Waals surface area contributed by atoms with Gasteiger partial charge in [-0.2, -0.15) is 0 Å². The molecule has 2 N–H and O–H groups in total. The zero-order valence-electron chi connectivity index (χ0n) is 10.5. The standard InChI is InChI=1S/C15H19NO2/c17-14-13-4-2-1-3-12(13)10-15(14,18)9-11-5-7-16-8-6-11/h1-4,11,16,18H,5-10H2. The highest BCUT2D eigenvalue weighted by atomic mass is 16.3. The molecule has 0 radical (unpaired) electrons. The van der Waals surface area contributed by atoms with Crippen molar-refractivity contribution in [2.75, 3.05) is 13.1 Å². The minimum Gasteiger partial charge on any atom is -0.381 e. The predicted octanol–water partition coefficient (Wildman–Crippen LogP) is 1.55. The topological polar surface area (TPSA) is 49.3 Å². The minimum atomic E-state index is -1.15. The van der Waals surface area contributed by atoms with Crippen LogP contribution in [0.5, 0.6) is 0 Å². The second kappa shape index (κ2) is 4.48. The minimum absolute atomic E-state index is 0.0726. The summed E-state index contributed by atoms with van der Waals surface area (Å²) in [7, 11) is 0. The van der Waals surface area contributed by atoms with Gasteiger partial charge < -0.3 is 10.4 Å². The number of fused-ring (bicyclic) bond motifs is 1. The van der Waals surface area contributed by atoms with E-state index in [1.54, 1.807) is 0 Å². The lowest BCUT2D eigenvalue weighted by atomic mass is 9.83. The molecule has 3 rings (SSSR count). The Labute approximate surface area is 107 Å². The zero-order chi connectivity index (χ0) is 12.6. The normalized spacial score (nSPS) is 28.4. The average molecular weight is 245 g/mol. The third-order valence-electron chi connectivity index (χ3n) is 4.25. The Morgan fingerprint density at radius 1 is 1.28 bits per heavy atom. The molecule has 0 amide bonds. The molecular formula is C15H19NO2. The van der Waals surface area contributed by atoms with E-state index in [1.807, 2.05) is 24.3 Å². The molecule has 1 saturated heterocycles. The van der Waals surface area contributed by atoms with Crippen LogP contribution >= 0.6 is 0 Å². The van der Waals surface area contributed by atoms with Gasteiger partial charge in [-0.25, -0.2) is 0 Å². The molecule has 1 aliphatic heterocycles. The van der Waals surface area contributed by atoms with E-state index >= 15 is 0 Å². The van der Waals surface area contributed by atoms with E-state index in [1.165, 1.54) is 0 Å². The van der Waals surface area contributed by atoms with Crippen molar-refractivity contribution in [2.24, 2.45) is 5.92 Å². The van der Waals surface area contributed by atoms with Gasteiger partial charge in [-0.05, 0) is 43.8 Å². The molecule has 0 spiro atoms. The number of hydrogen-bond acceptors (Lipinski definition) is 3. The SMILES string of the molecule is O=C1c2ccccc2CC1(O)CC1CCNCC1. The van der Waals surface area contributed by atoms with Crippen LogP contribution < -0.4 is 5.32 Å². The van der Waals surface area contributed by atoms with Crippen molar-refractivity contribution in [1.29, 1.82) is 0 Å². The van der Waals surface area contributed by atoms with Crippen LogP contribution in [0, 0.1) is 5.92 Å².